The summed E-state index contributed by atoms with van der Waals surface area (Å²) in [6.45, 7) is 1.47. The zero-order valence-corrected chi connectivity index (χ0v) is 18.1. The fourth-order valence-corrected chi connectivity index (χ4v) is 4.77. The van der Waals surface area contributed by atoms with E-state index in [2.05, 4.69) is 25.9 Å². The average Bonchev–Trinajstić information content (AvgIpc) is 3.23. The van der Waals surface area contributed by atoms with Crippen LogP contribution in [0.4, 0.5) is 20.7 Å². The van der Waals surface area contributed by atoms with Gasteiger partial charge in [0.2, 0.25) is 11.2 Å². The predicted molar refractivity (Wildman–Crippen MR) is 114 cm³/mol. The lowest BCUT2D eigenvalue weighted by molar-refractivity contribution is 0.207. The molecule has 3 N–H and O–H groups in total. The maximum Gasteiger partial charge on any atom is 0.350 e. The summed E-state index contributed by atoms with van der Waals surface area (Å²) >= 11 is -2.00. The van der Waals surface area contributed by atoms with Gasteiger partial charge in [-0.3, -0.25) is 4.68 Å². The number of carbonyl (C=O) groups is 1. The van der Waals surface area contributed by atoms with Crippen molar-refractivity contribution in [1.82, 2.24) is 29.5 Å². The molecule has 0 spiro atoms. The molecule has 2 amide bonds. The van der Waals surface area contributed by atoms with Crippen LogP contribution in [0.5, 0.6) is 5.88 Å². The lowest BCUT2D eigenvalue weighted by Crippen LogP contribution is -2.39. The highest BCUT2D eigenvalue weighted by atomic mass is 32.2. The van der Waals surface area contributed by atoms with Crippen molar-refractivity contribution >= 4 is 28.7 Å². The highest BCUT2D eigenvalue weighted by Crippen LogP contribution is 2.37. The van der Waals surface area contributed by atoms with Crippen LogP contribution in [-0.4, -0.2) is 35.0 Å². The summed E-state index contributed by atoms with van der Waals surface area (Å²) in [4.78, 5) is 21.3. The number of fused-ring (bicyclic) bond motifs is 7. The van der Waals surface area contributed by atoms with E-state index in [1.807, 2.05) is 0 Å². The molecule has 0 aliphatic carbocycles. The summed E-state index contributed by atoms with van der Waals surface area (Å²) in [6.07, 6.45) is 0.549. The van der Waals surface area contributed by atoms with Gasteiger partial charge in [0, 0.05) is 12.6 Å². The molecule has 2 aliphatic heterocycles. The Bertz CT molecular complexity index is 1390. The molecule has 14 heteroatoms. The first-order valence-electron chi connectivity index (χ1n) is 9.63. The quantitative estimate of drug-likeness (QED) is 0.501. The van der Waals surface area contributed by atoms with Gasteiger partial charge in [-0.25, -0.2) is 33.1 Å². The monoisotopic (exact) mass is 469 g/mol. The van der Waals surface area contributed by atoms with Crippen molar-refractivity contribution in [2.24, 2.45) is 7.05 Å². The highest BCUT2D eigenvalue weighted by Gasteiger charge is 2.39. The van der Waals surface area contributed by atoms with Crippen molar-refractivity contribution in [2.75, 3.05) is 10.1 Å². The number of nitrogens with two attached hydrogens (primary N) is 1. The molecule has 3 aromatic rings. The first kappa shape index (κ1) is 20.6. The maximum atomic E-state index is 14.2. The number of nitrogens with one attached hydrogen (secondary N) is 1. The van der Waals surface area contributed by atoms with E-state index in [1.54, 1.807) is 14.0 Å². The number of aryl methyl sites for hydroxylation is 1. The minimum absolute atomic E-state index is 0.00668. The average molecular weight is 469 g/mol. The van der Waals surface area contributed by atoms with Gasteiger partial charge in [0.15, 0.2) is 5.82 Å². The van der Waals surface area contributed by atoms with E-state index in [9.17, 15) is 18.7 Å². The smallest absolute Gasteiger partial charge is 0.350 e. The highest BCUT2D eigenvalue weighted by molar-refractivity contribution is 7.85. The first-order chi connectivity index (χ1) is 15.8. The number of nitrogens with zero attached hydrogens (tertiary/aromatic N) is 7. The second kappa shape index (κ2) is 7.41. The Morgan fingerprint density at radius 2 is 2.21 bits per heavy atom. The van der Waals surface area contributed by atoms with E-state index in [0.717, 1.165) is 0 Å². The van der Waals surface area contributed by atoms with Gasteiger partial charge < -0.3 is 10.5 Å². The Labute approximate surface area is 189 Å². The SMILES string of the molecule is CC1Oc2nc(cnc2N)-c2c(nn(C)c2C#N)CN2C(=O)NS(=O)N2c2ccc(F)cc21. The van der Waals surface area contributed by atoms with Crippen LogP contribution < -0.4 is 19.6 Å². The number of benzene rings is 1. The van der Waals surface area contributed by atoms with Crippen LogP contribution in [0, 0.1) is 17.1 Å². The second-order valence-electron chi connectivity index (χ2n) is 7.30. The Balaban J connectivity index is 1.80. The number of rotatable bonds is 0. The van der Waals surface area contributed by atoms with Crippen molar-refractivity contribution in [3.05, 3.63) is 47.2 Å². The molecule has 2 unspecified atom stereocenters. The number of amides is 2. The zero-order valence-electron chi connectivity index (χ0n) is 17.3. The molecule has 0 saturated carbocycles. The van der Waals surface area contributed by atoms with E-state index < -0.39 is 29.1 Å². The normalized spacial score (nSPS) is 19.3. The molecule has 1 fully saturated rings. The molecule has 2 aromatic heterocycles. The third-order valence-corrected chi connectivity index (χ3v) is 6.31. The Hall–Kier alpha value is -4.25. The number of hydrogen-bond donors (Lipinski definition) is 2. The van der Waals surface area contributed by atoms with Crippen molar-refractivity contribution in [2.45, 2.75) is 19.6 Å². The third-order valence-electron chi connectivity index (χ3n) is 5.26. The number of urea groups is 1. The van der Waals surface area contributed by atoms with Gasteiger partial charge in [-0.1, -0.05) is 0 Å². The third kappa shape index (κ3) is 3.21. The minimum atomic E-state index is -2.00. The topological polar surface area (TPSA) is 155 Å². The van der Waals surface area contributed by atoms with E-state index in [0.29, 0.717) is 16.8 Å². The van der Waals surface area contributed by atoms with Crippen LogP contribution in [0.1, 0.15) is 30.0 Å². The van der Waals surface area contributed by atoms with Crippen molar-refractivity contribution < 1.29 is 18.1 Å². The van der Waals surface area contributed by atoms with Gasteiger partial charge in [0.05, 0.1) is 35.4 Å². The van der Waals surface area contributed by atoms with Crippen molar-refractivity contribution in [1.29, 1.82) is 5.26 Å². The predicted octanol–water partition coefficient (Wildman–Crippen LogP) is 1.45. The molecule has 2 bridgehead atoms. The lowest BCUT2D eigenvalue weighted by Gasteiger charge is -2.29. The molecule has 1 saturated heterocycles. The van der Waals surface area contributed by atoms with Gasteiger partial charge in [0.1, 0.15) is 23.7 Å². The van der Waals surface area contributed by atoms with Crippen LogP contribution in [0.15, 0.2) is 24.4 Å². The summed E-state index contributed by atoms with van der Waals surface area (Å²) in [5.74, 6) is -0.582. The standard InChI is InChI=1S/C19H16FN9O3S/c1-9-11-5-10(20)3-4-14(11)29-28(19(30)26-33(29)31)8-13-16(15(6-21)27(2)25-13)12-7-23-17(22)18(24-12)32-9/h3-5,7,9H,8H2,1-2H3,(H2,22,23)(H,26,30). The van der Waals surface area contributed by atoms with Gasteiger partial charge >= 0.3 is 6.03 Å². The van der Waals surface area contributed by atoms with E-state index >= 15 is 0 Å². The number of nitrogen functional groups attached to an aromatic ring is 1. The summed E-state index contributed by atoms with van der Waals surface area (Å²) in [7, 11) is 1.58. The molecule has 1 aromatic carbocycles. The lowest BCUT2D eigenvalue weighted by atomic mass is 10.1. The number of nitriles is 1. The minimum Gasteiger partial charge on any atom is -0.467 e. The molecule has 12 nitrogen and oxygen atoms in total. The van der Waals surface area contributed by atoms with E-state index in [1.165, 1.54) is 38.5 Å². The van der Waals surface area contributed by atoms with Crippen LogP contribution in [-0.2, 0) is 24.8 Å². The number of hydrazine groups is 1. The summed E-state index contributed by atoms with van der Waals surface area (Å²) in [6, 6.07) is 5.22. The van der Waals surface area contributed by atoms with E-state index in [4.69, 9.17) is 10.5 Å². The molecule has 2 aliphatic rings. The van der Waals surface area contributed by atoms with Crippen LogP contribution in [0.25, 0.3) is 11.3 Å². The number of aromatic nitrogens is 4. The number of halogens is 1. The number of ether oxygens (including phenoxy) is 1. The van der Waals surface area contributed by atoms with Crippen LogP contribution in [0.2, 0.25) is 0 Å². The summed E-state index contributed by atoms with van der Waals surface area (Å²) in [5, 5.41) is 15.3. The van der Waals surface area contributed by atoms with E-state index in [-0.39, 0.29) is 35.3 Å². The first-order valence-corrected chi connectivity index (χ1v) is 10.7. The molecule has 5 rings (SSSR count). The van der Waals surface area contributed by atoms with Gasteiger partial charge in [0.25, 0.3) is 5.88 Å². The number of hydrogen-bond acceptors (Lipinski definition) is 8. The molecular weight excluding hydrogens is 453 g/mol. The molecule has 168 valence electrons. The molecule has 33 heavy (non-hydrogen) atoms. The molecule has 0 radical (unpaired) electrons. The maximum absolute atomic E-state index is 14.2. The largest absolute Gasteiger partial charge is 0.467 e. The Morgan fingerprint density at radius 1 is 1.42 bits per heavy atom. The second-order valence-corrected chi connectivity index (χ2v) is 8.35. The molecule has 4 heterocycles. The number of anilines is 2. The van der Waals surface area contributed by atoms with Gasteiger partial charge in [-0.15, -0.1) is 0 Å². The Morgan fingerprint density at radius 3 is 2.97 bits per heavy atom. The van der Waals surface area contributed by atoms with Crippen LogP contribution in [0.3, 0.4) is 0 Å². The number of carbonyl (C=O) groups excluding carboxylic acids is 1. The molecular formula is C19H16FN9O3S. The summed E-state index contributed by atoms with van der Waals surface area (Å²) in [5.41, 5.74) is 7.59. The fraction of sp³-hybridized carbons (Fsp3) is 0.211. The van der Waals surface area contributed by atoms with Crippen LogP contribution >= 0.6 is 0 Å². The molecule has 2 atom stereocenters. The fourth-order valence-electron chi connectivity index (χ4n) is 3.77. The van der Waals surface area contributed by atoms with Crippen molar-refractivity contribution in [3.8, 4) is 23.2 Å². The van der Waals surface area contributed by atoms with Crippen molar-refractivity contribution in [3.63, 3.8) is 0 Å². The Kier molecular flexibility index (Phi) is 4.64. The van der Waals surface area contributed by atoms with Gasteiger partial charge in [-0.05, 0) is 25.1 Å². The summed E-state index contributed by atoms with van der Waals surface area (Å²) < 4.78 is 37.9. The zero-order chi connectivity index (χ0) is 23.4. The van der Waals surface area contributed by atoms with Gasteiger partial charge in [-0.2, -0.15) is 14.8 Å².